The van der Waals surface area contributed by atoms with Crippen LogP contribution < -0.4 is 16.0 Å². The molecule has 0 saturated carbocycles. The lowest BCUT2D eigenvalue weighted by Crippen LogP contribution is -2.12. The maximum Gasteiger partial charge on any atom is 0.255 e. The molecule has 24 heavy (non-hydrogen) atoms. The summed E-state index contributed by atoms with van der Waals surface area (Å²) in [6.45, 7) is 3.25. The lowest BCUT2D eigenvalue weighted by atomic mass is 10.0. The van der Waals surface area contributed by atoms with Crippen LogP contribution in [0.25, 0.3) is 0 Å². The Kier molecular flexibility index (Phi) is 4.04. The van der Waals surface area contributed by atoms with Gasteiger partial charge in [-0.25, -0.2) is 0 Å². The van der Waals surface area contributed by atoms with Crippen LogP contribution in [0.5, 0.6) is 0 Å². The van der Waals surface area contributed by atoms with Crippen molar-refractivity contribution in [1.82, 2.24) is 0 Å². The minimum Gasteiger partial charge on any atom is -0.326 e. The van der Waals surface area contributed by atoms with Crippen LogP contribution in [0.2, 0.25) is 0 Å². The first-order chi connectivity index (χ1) is 11.4. The van der Waals surface area contributed by atoms with Crippen LogP contribution in [0.3, 0.4) is 0 Å². The molecule has 1 aliphatic heterocycles. The highest BCUT2D eigenvalue weighted by atomic mass is 16.2. The van der Waals surface area contributed by atoms with E-state index >= 15 is 0 Å². The predicted molar refractivity (Wildman–Crippen MR) is 92.2 cm³/mol. The molecule has 0 spiro atoms. The zero-order valence-corrected chi connectivity index (χ0v) is 13.3. The lowest BCUT2D eigenvalue weighted by molar-refractivity contribution is -0.116. The Labute approximate surface area is 139 Å². The Morgan fingerprint density at radius 3 is 2.33 bits per heavy atom. The van der Waals surface area contributed by atoms with Gasteiger partial charge in [-0.05, 0) is 55.0 Å². The maximum absolute atomic E-state index is 12.3. The number of anilines is 3. The Bertz CT molecular complexity index is 828. The highest BCUT2D eigenvalue weighted by Gasteiger charge is 2.26. The van der Waals surface area contributed by atoms with Gasteiger partial charge in [0.1, 0.15) is 0 Å². The molecule has 0 fully saturated rings. The topological polar surface area (TPSA) is 87.3 Å². The number of fused-ring (bicyclic) bond motifs is 1. The van der Waals surface area contributed by atoms with Gasteiger partial charge in [-0.2, -0.15) is 0 Å². The summed E-state index contributed by atoms with van der Waals surface area (Å²) in [6, 6.07) is 12.0. The molecule has 122 valence electrons. The minimum absolute atomic E-state index is 0.0398. The molecule has 6 heteroatoms. The highest BCUT2D eigenvalue weighted by molar-refractivity contribution is 6.06. The van der Waals surface area contributed by atoms with Crippen molar-refractivity contribution in [3.8, 4) is 0 Å². The summed E-state index contributed by atoms with van der Waals surface area (Å²) in [5, 5.41) is 8.26. The molecule has 1 aliphatic rings. The summed E-state index contributed by atoms with van der Waals surface area (Å²) in [5.74, 6) is -0.687. The van der Waals surface area contributed by atoms with Gasteiger partial charge in [-0.1, -0.05) is 0 Å². The molecule has 1 atom stereocenters. The van der Waals surface area contributed by atoms with Gasteiger partial charge in [0.05, 0.1) is 5.92 Å². The Morgan fingerprint density at radius 2 is 1.67 bits per heavy atom. The third-order valence-electron chi connectivity index (χ3n) is 3.89. The van der Waals surface area contributed by atoms with Crippen molar-refractivity contribution < 1.29 is 14.4 Å². The summed E-state index contributed by atoms with van der Waals surface area (Å²) in [6.07, 6.45) is 0. The molecular weight excluding hydrogens is 306 g/mol. The number of carbonyl (C=O) groups is 3. The fraction of sp³-hybridized carbons (Fsp3) is 0.167. The van der Waals surface area contributed by atoms with Gasteiger partial charge in [0.25, 0.3) is 5.91 Å². The second-order valence-electron chi connectivity index (χ2n) is 5.73. The second kappa shape index (κ2) is 6.16. The standard InChI is InChI=1S/C18H17N3O3/c1-10-15-9-14(7-8-16(15)21-17(10)23)20-18(24)12-3-5-13(6-4-12)19-11(2)22/h3-10H,1-2H3,(H,19,22)(H,20,24)(H,21,23). The van der Waals surface area contributed by atoms with E-state index in [9.17, 15) is 14.4 Å². The van der Waals surface area contributed by atoms with Crippen LogP contribution in [-0.4, -0.2) is 17.7 Å². The van der Waals surface area contributed by atoms with Gasteiger partial charge >= 0.3 is 0 Å². The van der Waals surface area contributed by atoms with E-state index < -0.39 is 0 Å². The molecule has 2 aromatic carbocycles. The fourth-order valence-corrected chi connectivity index (χ4v) is 2.61. The highest BCUT2D eigenvalue weighted by Crippen LogP contribution is 2.34. The molecule has 3 N–H and O–H groups in total. The summed E-state index contributed by atoms with van der Waals surface area (Å²) < 4.78 is 0. The SMILES string of the molecule is CC(=O)Nc1ccc(C(=O)Nc2ccc3c(c2)C(C)C(=O)N3)cc1. The molecule has 0 saturated heterocycles. The van der Waals surface area contributed by atoms with Crippen LogP contribution in [0, 0.1) is 0 Å². The Hall–Kier alpha value is -3.15. The quantitative estimate of drug-likeness (QED) is 0.811. The number of benzene rings is 2. The van der Waals surface area contributed by atoms with Crippen molar-refractivity contribution in [2.75, 3.05) is 16.0 Å². The number of nitrogens with one attached hydrogen (secondary N) is 3. The van der Waals surface area contributed by atoms with Crippen molar-refractivity contribution in [3.63, 3.8) is 0 Å². The maximum atomic E-state index is 12.3. The van der Waals surface area contributed by atoms with Crippen molar-refractivity contribution in [3.05, 3.63) is 53.6 Å². The van der Waals surface area contributed by atoms with E-state index in [1.807, 2.05) is 13.0 Å². The van der Waals surface area contributed by atoms with E-state index in [2.05, 4.69) is 16.0 Å². The Morgan fingerprint density at radius 1 is 1.00 bits per heavy atom. The first kappa shape index (κ1) is 15.7. The van der Waals surface area contributed by atoms with Crippen molar-refractivity contribution in [2.24, 2.45) is 0 Å². The van der Waals surface area contributed by atoms with Gasteiger partial charge in [-0.15, -0.1) is 0 Å². The van der Waals surface area contributed by atoms with E-state index in [1.54, 1.807) is 36.4 Å². The van der Waals surface area contributed by atoms with Gasteiger partial charge in [0.2, 0.25) is 11.8 Å². The number of carbonyl (C=O) groups excluding carboxylic acids is 3. The summed E-state index contributed by atoms with van der Waals surface area (Å²) in [5.41, 5.74) is 3.40. The molecule has 6 nitrogen and oxygen atoms in total. The lowest BCUT2D eigenvalue weighted by Gasteiger charge is -2.09. The third kappa shape index (κ3) is 3.12. The first-order valence-electron chi connectivity index (χ1n) is 7.58. The molecule has 1 unspecified atom stereocenters. The molecule has 0 aliphatic carbocycles. The van der Waals surface area contributed by atoms with Crippen LogP contribution >= 0.6 is 0 Å². The average molecular weight is 323 g/mol. The predicted octanol–water partition coefficient (Wildman–Crippen LogP) is 2.95. The molecule has 0 bridgehead atoms. The smallest absolute Gasteiger partial charge is 0.255 e. The number of hydrogen-bond donors (Lipinski definition) is 3. The van der Waals surface area contributed by atoms with Crippen molar-refractivity contribution in [2.45, 2.75) is 19.8 Å². The molecule has 1 heterocycles. The summed E-state index contributed by atoms with van der Waals surface area (Å²) in [4.78, 5) is 35.0. The van der Waals surface area contributed by atoms with Crippen LogP contribution in [0.4, 0.5) is 17.1 Å². The second-order valence-corrected chi connectivity index (χ2v) is 5.73. The minimum atomic E-state index is -0.255. The van der Waals surface area contributed by atoms with Crippen molar-refractivity contribution >= 4 is 34.8 Å². The van der Waals surface area contributed by atoms with E-state index in [0.29, 0.717) is 16.9 Å². The molecule has 3 amide bonds. The third-order valence-corrected chi connectivity index (χ3v) is 3.89. The van der Waals surface area contributed by atoms with E-state index in [4.69, 9.17) is 0 Å². The fourth-order valence-electron chi connectivity index (χ4n) is 2.61. The van der Waals surface area contributed by atoms with Crippen molar-refractivity contribution in [1.29, 1.82) is 0 Å². The first-order valence-corrected chi connectivity index (χ1v) is 7.58. The molecule has 0 radical (unpaired) electrons. The van der Waals surface area contributed by atoms with Crippen LogP contribution in [-0.2, 0) is 9.59 Å². The van der Waals surface area contributed by atoms with Gasteiger partial charge in [0.15, 0.2) is 0 Å². The molecule has 0 aromatic heterocycles. The molecule has 3 rings (SSSR count). The summed E-state index contributed by atoms with van der Waals surface area (Å²) in [7, 11) is 0. The zero-order valence-electron chi connectivity index (χ0n) is 13.3. The van der Waals surface area contributed by atoms with Gasteiger partial charge in [-0.3, -0.25) is 14.4 Å². The number of hydrogen-bond acceptors (Lipinski definition) is 3. The van der Waals surface area contributed by atoms with E-state index in [0.717, 1.165) is 11.3 Å². The molecular formula is C18H17N3O3. The van der Waals surface area contributed by atoms with E-state index in [-0.39, 0.29) is 23.6 Å². The zero-order chi connectivity index (χ0) is 17.3. The van der Waals surface area contributed by atoms with Gasteiger partial charge < -0.3 is 16.0 Å². The molecule has 2 aromatic rings. The normalized spacial score (nSPS) is 15.4. The van der Waals surface area contributed by atoms with Crippen LogP contribution in [0.15, 0.2) is 42.5 Å². The summed E-state index contributed by atoms with van der Waals surface area (Å²) >= 11 is 0. The van der Waals surface area contributed by atoms with Gasteiger partial charge in [0, 0.05) is 29.5 Å². The monoisotopic (exact) mass is 323 g/mol. The number of amides is 3. The largest absolute Gasteiger partial charge is 0.326 e. The van der Waals surface area contributed by atoms with Crippen LogP contribution in [0.1, 0.15) is 35.7 Å². The van der Waals surface area contributed by atoms with E-state index in [1.165, 1.54) is 6.92 Å². The average Bonchev–Trinajstić information content (AvgIpc) is 2.82. The Balaban J connectivity index is 1.73. The number of rotatable bonds is 3.